The molecule has 0 aromatic carbocycles. The molecule has 0 aromatic heterocycles. The topological polar surface area (TPSA) is 23.9 Å². The van der Waals surface area contributed by atoms with Gasteiger partial charge in [-0.05, 0) is 0 Å². The molecule has 1 N–H and O–H groups in total. The lowest BCUT2D eigenvalue weighted by Crippen LogP contribution is -1.27. The van der Waals surface area contributed by atoms with Gasteiger partial charge in [0.2, 0.25) is 0 Å². The highest BCUT2D eigenvalue weighted by molar-refractivity contribution is 7.48. The minimum atomic E-state index is -5.64. The normalized spacial score (nSPS) is 11.8. The van der Waals surface area contributed by atoms with Crippen LogP contribution < -0.4 is 0 Å². The van der Waals surface area contributed by atoms with Gasteiger partial charge >= 0.3 is 7.99 Å². The Hall–Kier alpha value is 0.0200. The standard InChI is InChI=1S/F3HNP/c1-5(2,3)4/h4H. The van der Waals surface area contributed by atoms with Gasteiger partial charge in [0.1, 0.15) is 0 Å². The van der Waals surface area contributed by atoms with E-state index in [1.54, 1.807) is 0 Å². The molecule has 0 bridgehead atoms. The average molecular weight is 103 g/mol. The number of rotatable bonds is 0. The highest BCUT2D eigenvalue weighted by Gasteiger charge is 2.05. The fourth-order valence-corrected chi connectivity index (χ4v) is 0. The van der Waals surface area contributed by atoms with E-state index in [2.05, 4.69) is 0 Å². The molecule has 0 aliphatic rings. The number of hydrogen-bond acceptors (Lipinski definition) is 1. The van der Waals surface area contributed by atoms with Crippen molar-refractivity contribution in [3.05, 3.63) is 0 Å². The summed E-state index contributed by atoms with van der Waals surface area (Å²) in [5.74, 6) is 0. The van der Waals surface area contributed by atoms with Crippen molar-refractivity contribution in [2.45, 2.75) is 0 Å². The zero-order valence-electron chi connectivity index (χ0n) is 2.08. The van der Waals surface area contributed by atoms with E-state index in [0.29, 0.717) is 0 Å². The number of hydrogen-bond donors (Lipinski definition) is 1. The SMILES string of the molecule is N=P(F)(F)F. The summed E-state index contributed by atoms with van der Waals surface area (Å²) in [6.45, 7) is 0. The molecule has 0 aliphatic heterocycles. The molecular weight excluding hydrogens is 102 g/mol. The molecular formula is HF3NP. The van der Waals surface area contributed by atoms with E-state index in [0.717, 1.165) is 0 Å². The molecule has 32 valence electrons. The monoisotopic (exact) mass is 103 g/mol. The smallest absolute Gasteiger partial charge is 0.234 e. The second kappa shape index (κ2) is 1.01. The fraction of sp³-hybridized carbons (Fsp3) is 0. The third-order valence-corrected chi connectivity index (χ3v) is 0. The van der Waals surface area contributed by atoms with Crippen molar-refractivity contribution in [2.75, 3.05) is 0 Å². The second-order valence-corrected chi connectivity index (χ2v) is 1.34. The molecule has 0 unspecified atom stereocenters. The molecule has 0 amide bonds. The summed E-state index contributed by atoms with van der Waals surface area (Å²) >= 11 is 0. The van der Waals surface area contributed by atoms with Crippen LogP contribution in [0.15, 0.2) is 0 Å². The Morgan fingerprint density at radius 2 is 1.20 bits per heavy atom. The Labute approximate surface area is 27.0 Å². The maximum absolute atomic E-state index is 10.1. The molecule has 5 heavy (non-hydrogen) atoms. The third kappa shape index (κ3) is 41000. The molecule has 0 radical (unpaired) electrons. The van der Waals surface area contributed by atoms with E-state index in [-0.39, 0.29) is 0 Å². The van der Waals surface area contributed by atoms with Gasteiger partial charge in [-0.1, -0.05) is 0 Å². The van der Waals surface area contributed by atoms with Crippen LogP contribution in [0.25, 0.3) is 0 Å². The van der Waals surface area contributed by atoms with E-state index in [9.17, 15) is 12.6 Å². The quantitative estimate of drug-likeness (QED) is 0.455. The van der Waals surface area contributed by atoms with Gasteiger partial charge in [0.15, 0.2) is 0 Å². The highest BCUT2D eigenvalue weighted by atomic mass is 31.2. The molecule has 0 spiro atoms. The Morgan fingerprint density at radius 3 is 1.20 bits per heavy atom. The van der Waals surface area contributed by atoms with E-state index in [1.807, 2.05) is 0 Å². The van der Waals surface area contributed by atoms with Gasteiger partial charge in [-0.3, -0.25) is 0 Å². The van der Waals surface area contributed by atoms with Gasteiger partial charge < -0.3 is 0 Å². The summed E-state index contributed by atoms with van der Waals surface area (Å²) < 4.78 is 30.4. The maximum Gasteiger partial charge on any atom is 0.468 e. The van der Waals surface area contributed by atoms with Gasteiger partial charge in [-0.25, -0.2) is 5.16 Å². The summed E-state index contributed by atoms with van der Waals surface area (Å²) in [6, 6.07) is 0. The zero-order valence-corrected chi connectivity index (χ0v) is 2.98. The number of halogens is 3. The lowest BCUT2D eigenvalue weighted by atomic mass is 14.0. The molecule has 0 rings (SSSR count). The van der Waals surface area contributed by atoms with Gasteiger partial charge in [0.05, 0.1) is 0 Å². The Kier molecular flexibility index (Phi) is 1.02. The van der Waals surface area contributed by atoms with E-state index in [4.69, 9.17) is 5.16 Å². The Balaban J connectivity index is 3.47. The van der Waals surface area contributed by atoms with E-state index in [1.165, 1.54) is 0 Å². The van der Waals surface area contributed by atoms with Gasteiger partial charge in [0.25, 0.3) is 0 Å². The van der Waals surface area contributed by atoms with Crippen molar-refractivity contribution in [2.24, 2.45) is 0 Å². The van der Waals surface area contributed by atoms with Crippen LogP contribution in [0, 0.1) is 5.16 Å². The van der Waals surface area contributed by atoms with Crippen LogP contribution in [0.3, 0.4) is 0 Å². The van der Waals surface area contributed by atoms with Crippen LogP contribution in [0.5, 0.6) is 0 Å². The van der Waals surface area contributed by atoms with Gasteiger partial charge in [0, 0.05) is 0 Å². The predicted octanol–water partition coefficient (Wildman–Crippen LogP) is 2.42. The van der Waals surface area contributed by atoms with Crippen LogP contribution in [0.1, 0.15) is 0 Å². The van der Waals surface area contributed by atoms with Gasteiger partial charge in [-0.15, -0.1) is 12.6 Å². The first-order valence-corrected chi connectivity index (χ1v) is 2.19. The van der Waals surface area contributed by atoms with Gasteiger partial charge in [-0.2, -0.15) is 0 Å². The minimum Gasteiger partial charge on any atom is -0.234 e. The predicted molar refractivity (Wildman–Crippen MR) is 13.0 cm³/mol. The fourth-order valence-electron chi connectivity index (χ4n) is 0. The molecule has 0 aromatic rings. The Morgan fingerprint density at radius 1 is 1.20 bits per heavy atom. The summed E-state index contributed by atoms with van der Waals surface area (Å²) in [5.41, 5.74) is 0. The first-order chi connectivity index (χ1) is 2.00. The van der Waals surface area contributed by atoms with Crippen LogP contribution in [0.4, 0.5) is 12.6 Å². The van der Waals surface area contributed by atoms with Crippen LogP contribution >= 0.6 is 7.99 Å². The van der Waals surface area contributed by atoms with Crippen molar-refractivity contribution in [1.29, 1.82) is 5.16 Å². The molecule has 0 atom stereocenters. The molecule has 5 heteroatoms. The summed E-state index contributed by atoms with van der Waals surface area (Å²) in [7, 11) is -5.64. The van der Waals surface area contributed by atoms with Crippen molar-refractivity contribution in [3.8, 4) is 0 Å². The van der Waals surface area contributed by atoms with Crippen LogP contribution in [-0.4, -0.2) is 0 Å². The first kappa shape index (κ1) is 5.02. The average Bonchev–Trinajstić information content (AvgIpc) is 0.722. The third-order valence-electron chi connectivity index (χ3n) is 0. The Bertz CT molecular complexity index is 53.0. The molecule has 0 saturated carbocycles. The largest absolute Gasteiger partial charge is 0.468 e. The van der Waals surface area contributed by atoms with Crippen molar-refractivity contribution in [3.63, 3.8) is 0 Å². The minimum absolute atomic E-state index is 5.05. The van der Waals surface area contributed by atoms with E-state index >= 15 is 0 Å². The molecule has 0 saturated heterocycles. The van der Waals surface area contributed by atoms with Crippen LogP contribution in [0.2, 0.25) is 0 Å². The first-order valence-electron chi connectivity index (χ1n) is 0.731. The van der Waals surface area contributed by atoms with Crippen molar-refractivity contribution >= 4 is 7.99 Å². The molecule has 0 heterocycles. The molecule has 1 nitrogen and oxygen atoms in total. The van der Waals surface area contributed by atoms with Crippen molar-refractivity contribution in [1.82, 2.24) is 0 Å². The second-order valence-electron chi connectivity index (χ2n) is 0.445. The maximum atomic E-state index is 10.1. The van der Waals surface area contributed by atoms with Crippen LogP contribution in [-0.2, 0) is 0 Å². The molecule has 0 fully saturated rings. The highest BCUT2D eigenvalue weighted by Crippen LogP contribution is 2.51. The lowest BCUT2D eigenvalue weighted by Gasteiger charge is -1.74. The zero-order chi connectivity index (χ0) is 4.50. The summed E-state index contributed by atoms with van der Waals surface area (Å²) in [4.78, 5) is 0. The molecule has 0 aliphatic carbocycles. The summed E-state index contributed by atoms with van der Waals surface area (Å²) in [6.07, 6.45) is 0. The van der Waals surface area contributed by atoms with Crippen molar-refractivity contribution < 1.29 is 12.6 Å². The summed E-state index contributed by atoms with van der Waals surface area (Å²) in [5, 5.41) is 5.05. The van der Waals surface area contributed by atoms with E-state index < -0.39 is 7.99 Å². The number of nitrogens with one attached hydrogen (secondary N) is 1. The lowest BCUT2D eigenvalue weighted by molar-refractivity contribution is 0.601.